The lowest BCUT2D eigenvalue weighted by atomic mass is 9.68. The normalized spacial score (nSPS) is 16.7. The topological polar surface area (TPSA) is 66.7 Å². The maximum absolute atomic E-state index is 6.10. The number of aromatic nitrogens is 2. The minimum atomic E-state index is 0.0241. The fourth-order valence-corrected chi connectivity index (χ4v) is 3.99. The molecule has 0 amide bonds. The number of nitrogens with zero attached hydrogens (tertiary/aromatic N) is 1. The number of halogens is 1. The van der Waals surface area contributed by atoms with Crippen LogP contribution < -0.4 is 11.1 Å². The number of H-pyrrole nitrogens is 1. The molecule has 128 valence electrons. The smallest absolute Gasteiger partial charge is 0.153 e. The van der Waals surface area contributed by atoms with Crippen LogP contribution in [-0.4, -0.2) is 23.3 Å². The van der Waals surface area contributed by atoms with Gasteiger partial charge in [0, 0.05) is 22.2 Å². The first-order valence-corrected chi connectivity index (χ1v) is 8.94. The average molecular weight is 353 g/mol. The minimum Gasteiger partial charge on any atom is -0.382 e. The van der Waals surface area contributed by atoms with Crippen molar-refractivity contribution in [3.8, 4) is 11.1 Å². The summed E-state index contributed by atoms with van der Waals surface area (Å²) in [6.07, 6.45) is 3.98. The molecule has 4 N–H and O–H groups in total. The van der Waals surface area contributed by atoms with E-state index in [1.165, 1.54) is 11.1 Å². The molecule has 4 nitrogen and oxygen atoms in total. The van der Waals surface area contributed by atoms with Gasteiger partial charge in [-0.3, -0.25) is 5.10 Å². The number of anilines is 1. The Morgan fingerprint density at radius 1 is 0.920 bits per heavy atom. The molecular formula is C20H21ClN4. The molecule has 1 fully saturated rings. The van der Waals surface area contributed by atoms with E-state index in [4.69, 9.17) is 17.3 Å². The maximum Gasteiger partial charge on any atom is 0.153 e. The summed E-state index contributed by atoms with van der Waals surface area (Å²) in [5.74, 6) is 0.530. The number of benzene rings is 2. The summed E-state index contributed by atoms with van der Waals surface area (Å²) in [6.45, 7) is 2.03. The Morgan fingerprint density at radius 2 is 1.52 bits per heavy atom. The number of hydrogen-bond donors (Lipinski definition) is 3. The van der Waals surface area contributed by atoms with Crippen LogP contribution >= 0.6 is 11.6 Å². The molecule has 1 saturated heterocycles. The zero-order valence-electron chi connectivity index (χ0n) is 13.9. The highest BCUT2D eigenvalue weighted by molar-refractivity contribution is 6.30. The van der Waals surface area contributed by atoms with Gasteiger partial charge in [-0.05, 0) is 54.8 Å². The van der Waals surface area contributed by atoms with Gasteiger partial charge in [-0.15, -0.1) is 0 Å². The highest BCUT2D eigenvalue weighted by atomic mass is 35.5. The fraction of sp³-hybridized carbons (Fsp3) is 0.250. The Morgan fingerprint density at radius 3 is 2.08 bits per heavy atom. The molecule has 0 radical (unpaired) electrons. The van der Waals surface area contributed by atoms with Gasteiger partial charge in [0.05, 0.1) is 0 Å². The van der Waals surface area contributed by atoms with Crippen molar-refractivity contribution in [3.63, 3.8) is 0 Å². The Hall–Kier alpha value is -2.30. The first-order chi connectivity index (χ1) is 12.2. The first-order valence-electron chi connectivity index (χ1n) is 8.56. The molecule has 0 atom stereocenters. The average Bonchev–Trinajstić information content (AvgIpc) is 3.09. The van der Waals surface area contributed by atoms with Crippen molar-refractivity contribution in [2.24, 2.45) is 0 Å². The van der Waals surface area contributed by atoms with Crippen molar-refractivity contribution >= 4 is 17.4 Å². The van der Waals surface area contributed by atoms with Crippen molar-refractivity contribution < 1.29 is 0 Å². The molecular weight excluding hydrogens is 332 g/mol. The van der Waals surface area contributed by atoms with Gasteiger partial charge in [0.2, 0.25) is 0 Å². The lowest BCUT2D eigenvalue weighted by Gasteiger charge is -2.39. The van der Waals surface area contributed by atoms with Crippen LogP contribution in [0.15, 0.2) is 54.7 Å². The van der Waals surface area contributed by atoms with Crippen LogP contribution in [0.3, 0.4) is 0 Å². The van der Waals surface area contributed by atoms with Gasteiger partial charge < -0.3 is 11.1 Å². The number of aromatic amines is 1. The van der Waals surface area contributed by atoms with E-state index < -0.39 is 0 Å². The zero-order chi connectivity index (χ0) is 17.3. The van der Waals surface area contributed by atoms with E-state index in [9.17, 15) is 0 Å². The van der Waals surface area contributed by atoms with Crippen molar-refractivity contribution in [3.05, 3.63) is 70.9 Å². The summed E-state index contributed by atoms with van der Waals surface area (Å²) >= 11 is 6.10. The van der Waals surface area contributed by atoms with Gasteiger partial charge >= 0.3 is 0 Å². The van der Waals surface area contributed by atoms with Crippen LogP contribution in [-0.2, 0) is 5.41 Å². The standard InChI is InChI=1S/C20H21ClN4/c21-17-7-5-16(6-8-17)20(9-11-23-12-10-20)15-3-1-14(2-4-15)18-13-24-25-19(18)22/h1-8,13,23H,9-12H2,(H3,22,24,25). The summed E-state index contributed by atoms with van der Waals surface area (Å²) in [5.41, 5.74) is 10.6. The molecule has 1 aliphatic heterocycles. The van der Waals surface area contributed by atoms with Gasteiger partial charge in [-0.2, -0.15) is 5.10 Å². The number of rotatable bonds is 3. The summed E-state index contributed by atoms with van der Waals surface area (Å²) < 4.78 is 0. The molecule has 2 heterocycles. The van der Waals surface area contributed by atoms with Crippen LogP contribution in [0.5, 0.6) is 0 Å². The van der Waals surface area contributed by atoms with Crippen LogP contribution in [0.1, 0.15) is 24.0 Å². The second-order valence-electron chi connectivity index (χ2n) is 6.60. The highest BCUT2D eigenvalue weighted by Gasteiger charge is 2.35. The Labute approximate surface area is 152 Å². The van der Waals surface area contributed by atoms with E-state index in [-0.39, 0.29) is 5.41 Å². The van der Waals surface area contributed by atoms with Gasteiger partial charge in [-0.25, -0.2) is 0 Å². The van der Waals surface area contributed by atoms with Crippen molar-refractivity contribution in [1.29, 1.82) is 0 Å². The molecule has 4 rings (SSSR count). The maximum atomic E-state index is 6.10. The lowest BCUT2D eigenvalue weighted by Crippen LogP contribution is -2.40. The second kappa shape index (κ2) is 6.54. The first kappa shape index (κ1) is 16.2. The van der Waals surface area contributed by atoms with Crippen molar-refractivity contribution in [2.45, 2.75) is 18.3 Å². The second-order valence-corrected chi connectivity index (χ2v) is 7.04. The van der Waals surface area contributed by atoms with Crippen molar-refractivity contribution in [1.82, 2.24) is 15.5 Å². The third kappa shape index (κ3) is 2.92. The van der Waals surface area contributed by atoms with Crippen LogP contribution in [0.4, 0.5) is 5.82 Å². The summed E-state index contributed by atoms with van der Waals surface area (Å²) in [4.78, 5) is 0. The van der Waals surface area contributed by atoms with Crippen molar-refractivity contribution in [2.75, 3.05) is 18.8 Å². The fourth-order valence-electron chi connectivity index (χ4n) is 3.87. The number of nitrogen functional groups attached to an aromatic ring is 1. The Balaban J connectivity index is 1.75. The number of piperidine rings is 1. The molecule has 25 heavy (non-hydrogen) atoms. The van der Waals surface area contributed by atoms with Crippen LogP contribution in [0.25, 0.3) is 11.1 Å². The zero-order valence-corrected chi connectivity index (χ0v) is 14.7. The van der Waals surface area contributed by atoms with E-state index in [0.29, 0.717) is 5.82 Å². The molecule has 2 aromatic carbocycles. The highest BCUT2D eigenvalue weighted by Crippen LogP contribution is 2.41. The van der Waals surface area contributed by atoms with E-state index in [0.717, 1.165) is 42.1 Å². The van der Waals surface area contributed by atoms with Crippen LogP contribution in [0.2, 0.25) is 5.02 Å². The summed E-state index contributed by atoms with van der Waals surface area (Å²) in [5, 5.41) is 11.1. The van der Waals surface area contributed by atoms with E-state index >= 15 is 0 Å². The quantitative estimate of drug-likeness (QED) is 0.668. The Kier molecular flexibility index (Phi) is 4.24. The van der Waals surface area contributed by atoms with Gasteiger partial charge in [0.25, 0.3) is 0 Å². The van der Waals surface area contributed by atoms with E-state index in [1.807, 2.05) is 18.3 Å². The minimum absolute atomic E-state index is 0.0241. The van der Waals surface area contributed by atoms with Crippen LogP contribution in [0, 0.1) is 0 Å². The molecule has 1 aromatic heterocycles. The largest absolute Gasteiger partial charge is 0.382 e. The molecule has 0 aliphatic carbocycles. The third-order valence-electron chi connectivity index (χ3n) is 5.27. The van der Waals surface area contributed by atoms with Gasteiger partial charge in [0.15, 0.2) is 5.82 Å². The number of nitrogens with one attached hydrogen (secondary N) is 2. The molecule has 1 aliphatic rings. The lowest BCUT2D eigenvalue weighted by molar-refractivity contribution is 0.362. The molecule has 0 saturated carbocycles. The monoisotopic (exact) mass is 352 g/mol. The van der Waals surface area contributed by atoms with E-state index in [1.54, 1.807) is 0 Å². The molecule has 5 heteroatoms. The summed E-state index contributed by atoms with van der Waals surface area (Å²) in [6, 6.07) is 17.0. The summed E-state index contributed by atoms with van der Waals surface area (Å²) in [7, 11) is 0. The molecule has 0 unspecified atom stereocenters. The number of nitrogens with two attached hydrogens (primary N) is 1. The molecule has 0 spiro atoms. The Bertz CT molecular complexity index is 846. The molecule has 3 aromatic rings. The van der Waals surface area contributed by atoms with Gasteiger partial charge in [0.1, 0.15) is 0 Å². The SMILES string of the molecule is Nc1n[nH]cc1-c1ccc(C2(c3ccc(Cl)cc3)CCNCC2)cc1. The van der Waals surface area contributed by atoms with E-state index in [2.05, 4.69) is 51.9 Å². The third-order valence-corrected chi connectivity index (χ3v) is 5.52. The predicted molar refractivity (Wildman–Crippen MR) is 103 cm³/mol. The molecule has 0 bridgehead atoms. The van der Waals surface area contributed by atoms with Gasteiger partial charge in [-0.1, -0.05) is 48.0 Å². The number of hydrogen-bond acceptors (Lipinski definition) is 3. The predicted octanol–water partition coefficient (Wildman–Crippen LogP) is 3.98.